The van der Waals surface area contributed by atoms with Crippen molar-refractivity contribution in [1.82, 2.24) is 9.97 Å². The second kappa shape index (κ2) is 4.97. The Kier molecular flexibility index (Phi) is 3.90. The molecule has 6 heteroatoms. The molecule has 0 unspecified atom stereocenters. The summed E-state index contributed by atoms with van der Waals surface area (Å²) < 4.78 is 0. The molecule has 0 aliphatic rings. The molecular formula is C9H12N2O3S. The van der Waals surface area contributed by atoms with E-state index in [1.54, 1.807) is 0 Å². The molecule has 1 heterocycles. The first-order chi connectivity index (χ1) is 6.99. The maximum atomic E-state index is 11.2. The van der Waals surface area contributed by atoms with Gasteiger partial charge in [0.05, 0.1) is 11.4 Å². The number of nitrogens with zero attached hydrogens (tertiary/aromatic N) is 1. The van der Waals surface area contributed by atoms with Gasteiger partial charge in [0.25, 0.3) is 5.56 Å². The van der Waals surface area contributed by atoms with E-state index in [-0.39, 0.29) is 17.2 Å². The van der Waals surface area contributed by atoms with Gasteiger partial charge in [-0.15, -0.1) is 0 Å². The Hall–Kier alpha value is -1.30. The molecule has 0 amide bonds. The van der Waals surface area contributed by atoms with Gasteiger partial charge in [-0.3, -0.25) is 9.59 Å². The van der Waals surface area contributed by atoms with Crippen molar-refractivity contribution in [3.8, 4) is 0 Å². The van der Waals surface area contributed by atoms with Crippen LogP contribution in [0.3, 0.4) is 0 Å². The van der Waals surface area contributed by atoms with Crippen LogP contribution in [0, 0.1) is 0 Å². The van der Waals surface area contributed by atoms with Gasteiger partial charge in [0.15, 0.2) is 5.16 Å². The van der Waals surface area contributed by atoms with Gasteiger partial charge in [0.1, 0.15) is 0 Å². The summed E-state index contributed by atoms with van der Waals surface area (Å²) in [6, 6.07) is 1.43. The lowest BCUT2D eigenvalue weighted by Crippen LogP contribution is -2.11. The fraction of sp³-hybridized carbons (Fsp3) is 0.444. The van der Waals surface area contributed by atoms with Gasteiger partial charge in [-0.05, 0) is 5.92 Å². The molecule has 0 radical (unpaired) electrons. The summed E-state index contributed by atoms with van der Waals surface area (Å²) in [5, 5.41) is 8.84. The van der Waals surface area contributed by atoms with Crippen LogP contribution in [0.5, 0.6) is 0 Å². The molecule has 0 spiro atoms. The lowest BCUT2D eigenvalue weighted by molar-refractivity contribution is -0.133. The molecule has 5 nitrogen and oxygen atoms in total. The summed E-state index contributed by atoms with van der Waals surface area (Å²) in [5.74, 6) is -0.890. The summed E-state index contributed by atoms with van der Waals surface area (Å²) in [5.41, 5.74) is 0.424. The van der Waals surface area contributed by atoms with E-state index in [0.717, 1.165) is 11.8 Å². The smallest absolute Gasteiger partial charge is 0.313 e. The number of aromatic amines is 1. The molecular weight excluding hydrogens is 216 g/mol. The predicted molar refractivity (Wildman–Crippen MR) is 57.3 cm³/mol. The molecule has 15 heavy (non-hydrogen) atoms. The number of nitrogens with one attached hydrogen (secondary N) is 1. The highest BCUT2D eigenvalue weighted by Crippen LogP contribution is 2.14. The van der Waals surface area contributed by atoms with Crippen LogP contribution in [0.15, 0.2) is 16.0 Å². The number of hydrogen-bond acceptors (Lipinski definition) is 4. The zero-order valence-corrected chi connectivity index (χ0v) is 9.30. The third-order valence-electron chi connectivity index (χ3n) is 1.66. The first-order valence-corrected chi connectivity index (χ1v) is 5.43. The summed E-state index contributed by atoms with van der Waals surface area (Å²) in [7, 11) is 0. The Bertz CT molecular complexity index is 414. The second-order valence-electron chi connectivity index (χ2n) is 3.31. The molecule has 0 saturated carbocycles. The van der Waals surface area contributed by atoms with Crippen molar-refractivity contribution in [2.75, 3.05) is 5.75 Å². The van der Waals surface area contributed by atoms with E-state index in [1.165, 1.54) is 6.07 Å². The van der Waals surface area contributed by atoms with E-state index >= 15 is 0 Å². The Morgan fingerprint density at radius 1 is 1.67 bits per heavy atom. The number of rotatable bonds is 4. The molecule has 0 atom stereocenters. The van der Waals surface area contributed by atoms with Crippen LogP contribution >= 0.6 is 11.8 Å². The lowest BCUT2D eigenvalue weighted by atomic mass is 10.1. The minimum Gasteiger partial charge on any atom is -0.481 e. The number of aromatic nitrogens is 2. The molecule has 0 aromatic carbocycles. The first kappa shape index (κ1) is 11.8. The van der Waals surface area contributed by atoms with E-state index < -0.39 is 5.97 Å². The first-order valence-electron chi connectivity index (χ1n) is 4.45. The molecule has 2 N–H and O–H groups in total. The molecule has 0 aliphatic heterocycles. The van der Waals surface area contributed by atoms with Gasteiger partial charge in [-0.2, -0.15) is 0 Å². The van der Waals surface area contributed by atoms with E-state index in [2.05, 4.69) is 9.97 Å². The topological polar surface area (TPSA) is 83.0 Å². The highest BCUT2D eigenvalue weighted by atomic mass is 32.2. The molecule has 0 aliphatic carbocycles. The molecule has 82 valence electrons. The van der Waals surface area contributed by atoms with Crippen molar-refractivity contribution < 1.29 is 9.90 Å². The van der Waals surface area contributed by atoms with Crippen LogP contribution in [-0.2, 0) is 4.79 Å². The van der Waals surface area contributed by atoms with Crippen molar-refractivity contribution in [3.63, 3.8) is 0 Å². The van der Waals surface area contributed by atoms with E-state index in [9.17, 15) is 9.59 Å². The van der Waals surface area contributed by atoms with Crippen LogP contribution in [0.1, 0.15) is 25.5 Å². The summed E-state index contributed by atoms with van der Waals surface area (Å²) in [6.45, 7) is 3.85. The molecule has 0 saturated heterocycles. The van der Waals surface area contributed by atoms with Gasteiger partial charge >= 0.3 is 5.97 Å². The maximum Gasteiger partial charge on any atom is 0.313 e. The van der Waals surface area contributed by atoms with E-state index in [4.69, 9.17) is 5.11 Å². The average molecular weight is 228 g/mol. The largest absolute Gasteiger partial charge is 0.481 e. The third kappa shape index (κ3) is 3.75. The molecule has 1 aromatic rings. The number of aliphatic carboxylic acids is 1. The van der Waals surface area contributed by atoms with Crippen molar-refractivity contribution in [2.24, 2.45) is 0 Å². The van der Waals surface area contributed by atoms with Gasteiger partial charge in [0, 0.05) is 6.07 Å². The number of H-pyrrole nitrogens is 1. The summed E-state index contributed by atoms with van der Waals surface area (Å²) >= 11 is 1.01. The molecule has 0 bridgehead atoms. The Labute approximate surface area is 90.9 Å². The maximum absolute atomic E-state index is 11.2. The highest BCUT2D eigenvalue weighted by molar-refractivity contribution is 7.99. The number of carboxylic acid groups (broad SMARTS) is 1. The normalized spacial score (nSPS) is 10.6. The SMILES string of the molecule is CC(C)c1cc(=O)[nH]c(SCC(=O)O)n1. The van der Waals surface area contributed by atoms with E-state index in [1.807, 2.05) is 13.8 Å². The zero-order valence-electron chi connectivity index (χ0n) is 8.48. The van der Waals surface area contributed by atoms with Gasteiger partial charge in [-0.25, -0.2) is 4.98 Å². The second-order valence-corrected chi connectivity index (χ2v) is 4.28. The van der Waals surface area contributed by atoms with Crippen molar-refractivity contribution in [2.45, 2.75) is 24.9 Å². The lowest BCUT2D eigenvalue weighted by Gasteiger charge is -2.05. The van der Waals surface area contributed by atoms with Crippen LogP contribution in [-0.4, -0.2) is 26.8 Å². The van der Waals surface area contributed by atoms with Gasteiger partial charge in [-0.1, -0.05) is 25.6 Å². The minimum absolute atomic E-state index is 0.107. The molecule has 0 fully saturated rings. The number of hydrogen-bond donors (Lipinski definition) is 2. The van der Waals surface area contributed by atoms with E-state index in [0.29, 0.717) is 10.9 Å². The van der Waals surface area contributed by atoms with Gasteiger partial charge in [0.2, 0.25) is 0 Å². The fourth-order valence-electron chi connectivity index (χ4n) is 0.947. The minimum atomic E-state index is -0.933. The molecule has 1 aromatic heterocycles. The van der Waals surface area contributed by atoms with Crippen molar-refractivity contribution in [3.05, 3.63) is 22.1 Å². The quantitative estimate of drug-likeness (QED) is 0.595. The van der Waals surface area contributed by atoms with Crippen LogP contribution in [0.25, 0.3) is 0 Å². The molecule has 1 rings (SSSR count). The average Bonchev–Trinajstić information content (AvgIpc) is 2.13. The number of carbonyl (C=O) groups is 1. The van der Waals surface area contributed by atoms with Gasteiger partial charge < -0.3 is 10.1 Å². The van der Waals surface area contributed by atoms with Crippen molar-refractivity contribution >= 4 is 17.7 Å². The Balaban J connectivity index is 2.89. The predicted octanol–water partition coefficient (Wildman–Crippen LogP) is 1.07. The van der Waals surface area contributed by atoms with Crippen LogP contribution in [0.4, 0.5) is 0 Å². The number of carboxylic acids is 1. The van der Waals surface area contributed by atoms with Crippen LogP contribution < -0.4 is 5.56 Å². The van der Waals surface area contributed by atoms with Crippen molar-refractivity contribution in [1.29, 1.82) is 0 Å². The third-order valence-corrected chi connectivity index (χ3v) is 2.52. The zero-order chi connectivity index (χ0) is 11.4. The summed E-state index contributed by atoms with van der Waals surface area (Å²) in [4.78, 5) is 28.2. The monoisotopic (exact) mass is 228 g/mol. The fourth-order valence-corrected chi connectivity index (χ4v) is 1.55. The Morgan fingerprint density at radius 2 is 2.33 bits per heavy atom. The summed E-state index contributed by atoms with van der Waals surface area (Å²) in [6.07, 6.45) is 0. The standard InChI is InChI=1S/C9H12N2O3S/c1-5(2)6-3-7(12)11-9(10-6)15-4-8(13)14/h3,5H,4H2,1-2H3,(H,13,14)(H,10,11,12). The highest BCUT2D eigenvalue weighted by Gasteiger charge is 2.07. The Morgan fingerprint density at radius 3 is 2.87 bits per heavy atom. The number of thioether (sulfide) groups is 1. The van der Waals surface area contributed by atoms with Crippen LogP contribution in [0.2, 0.25) is 0 Å².